The van der Waals surface area contributed by atoms with Gasteiger partial charge in [0.25, 0.3) is 0 Å². The summed E-state index contributed by atoms with van der Waals surface area (Å²) in [6.07, 6.45) is 6.61. The van der Waals surface area contributed by atoms with Crippen LogP contribution in [-0.4, -0.2) is 39.9 Å². The minimum absolute atomic E-state index is 0.143. The number of thiophene rings is 1. The van der Waals surface area contributed by atoms with Crippen LogP contribution in [0.5, 0.6) is 0 Å². The number of carbonyl (C=O) groups is 1. The monoisotopic (exact) mass is 473 g/mol. The lowest BCUT2D eigenvalue weighted by Gasteiger charge is -2.50. The third-order valence-corrected chi connectivity index (χ3v) is 8.46. The maximum Gasteiger partial charge on any atom is 0.407 e. The summed E-state index contributed by atoms with van der Waals surface area (Å²) in [6, 6.07) is 10.8. The average Bonchev–Trinajstić information content (AvgIpc) is 3.39. The summed E-state index contributed by atoms with van der Waals surface area (Å²) in [4.78, 5) is 15.4. The molecule has 1 amide bonds. The van der Waals surface area contributed by atoms with Gasteiger partial charge in [-0.25, -0.2) is 9.18 Å². The van der Waals surface area contributed by atoms with Crippen LogP contribution in [0, 0.1) is 5.82 Å². The van der Waals surface area contributed by atoms with Gasteiger partial charge in [0.05, 0.1) is 5.60 Å². The molecule has 4 rings (SSSR count). The van der Waals surface area contributed by atoms with Gasteiger partial charge < -0.3 is 14.7 Å². The molecule has 2 fully saturated rings. The Balaban J connectivity index is 1.76. The highest BCUT2D eigenvalue weighted by molar-refractivity contribution is 7.09. The van der Waals surface area contributed by atoms with Crippen LogP contribution in [0.3, 0.4) is 0 Å². The summed E-state index contributed by atoms with van der Waals surface area (Å²) in [7, 11) is 0. The molecule has 2 aliphatic rings. The Morgan fingerprint density at radius 3 is 2.45 bits per heavy atom. The molecule has 2 aromatic rings. The maximum atomic E-state index is 13.9. The Morgan fingerprint density at radius 1 is 1.18 bits per heavy atom. The quantitative estimate of drug-likeness (QED) is 0.490. The van der Waals surface area contributed by atoms with E-state index in [0.717, 1.165) is 31.2 Å². The summed E-state index contributed by atoms with van der Waals surface area (Å²) in [6.45, 7) is 6.56. The van der Waals surface area contributed by atoms with Gasteiger partial charge in [-0.2, -0.15) is 0 Å². The average molecular weight is 474 g/mol. The van der Waals surface area contributed by atoms with Gasteiger partial charge in [0.1, 0.15) is 5.82 Å². The third-order valence-electron chi connectivity index (χ3n) is 7.56. The second-order valence-electron chi connectivity index (χ2n) is 10.9. The first kappa shape index (κ1) is 24.2. The summed E-state index contributed by atoms with van der Waals surface area (Å²) in [5.41, 5.74) is 0.176. The molecule has 6 heteroatoms. The molecule has 1 aromatic heterocycles. The van der Waals surface area contributed by atoms with Crippen molar-refractivity contribution in [3.63, 3.8) is 0 Å². The molecular formula is C27H36FNO3S. The van der Waals surface area contributed by atoms with Crippen molar-refractivity contribution in [2.45, 2.75) is 94.7 Å². The van der Waals surface area contributed by atoms with Gasteiger partial charge in [-0.05, 0) is 82.0 Å². The minimum atomic E-state index is -0.888. The zero-order chi connectivity index (χ0) is 23.7. The minimum Gasteiger partial charge on any atom is -0.465 e. The number of benzene rings is 1. The van der Waals surface area contributed by atoms with E-state index in [-0.39, 0.29) is 22.9 Å². The predicted molar refractivity (Wildman–Crippen MR) is 131 cm³/mol. The molecule has 2 atom stereocenters. The summed E-state index contributed by atoms with van der Waals surface area (Å²) in [5, 5.41) is 12.3. The fourth-order valence-corrected chi connectivity index (χ4v) is 7.04. The van der Waals surface area contributed by atoms with Crippen LogP contribution in [0.25, 0.3) is 0 Å². The Bertz CT molecular complexity index is 931. The molecule has 1 N–H and O–H groups in total. The molecule has 1 aliphatic carbocycles. The van der Waals surface area contributed by atoms with Crippen LogP contribution in [0.15, 0.2) is 41.8 Å². The molecule has 1 saturated carbocycles. The zero-order valence-electron chi connectivity index (χ0n) is 20.0. The van der Waals surface area contributed by atoms with E-state index in [9.17, 15) is 14.3 Å². The molecule has 0 bridgehead atoms. The van der Waals surface area contributed by atoms with Gasteiger partial charge >= 0.3 is 6.09 Å². The molecular weight excluding hydrogens is 437 g/mol. The number of hydrogen-bond acceptors (Lipinski definition) is 3. The fourth-order valence-electron chi connectivity index (χ4n) is 6.26. The predicted octanol–water partition coefficient (Wildman–Crippen LogP) is 7.03. The van der Waals surface area contributed by atoms with E-state index in [4.69, 9.17) is 4.74 Å². The summed E-state index contributed by atoms with van der Waals surface area (Å²) in [5.74, 6) is -0.242. The van der Waals surface area contributed by atoms with E-state index in [2.05, 4.69) is 6.07 Å². The van der Waals surface area contributed by atoms with Crippen LogP contribution in [0.4, 0.5) is 9.18 Å². The van der Waals surface area contributed by atoms with E-state index in [1.54, 1.807) is 28.4 Å². The van der Waals surface area contributed by atoms with E-state index in [1.807, 2.05) is 44.4 Å². The molecule has 4 nitrogen and oxygen atoms in total. The van der Waals surface area contributed by atoms with Crippen LogP contribution < -0.4 is 0 Å². The van der Waals surface area contributed by atoms with Gasteiger partial charge in [-0.15, -0.1) is 11.3 Å². The highest BCUT2D eigenvalue weighted by atomic mass is 32.1. The molecule has 1 aromatic carbocycles. The van der Waals surface area contributed by atoms with Crippen molar-refractivity contribution < 1.29 is 19.0 Å². The van der Waals surface area contributed by atoms with E-state index in [0.29, 0.717) is 19.4 Å². The SMILES string of the molecule is CC(C)(C)N(C(=O)O)C(Cc1cccs1)CC1(c2ccc(F)cc2)CCOC2(CCCC2)C1. The van der Waals surface area contributed by atoms with E-state index in [1.165, 1.54) is 17.7 Å². The lowest BCUT2D eigenvalue weighted by molar-refractivity contribution is -0.107. The van der Waals surface area contributed by atoms with Gasteiger partial charge in [0.15, 0.2) is 0 Å². The number of hydrogen-bond donors (Lipinski definition) is 1. The maximum absolute atomic E-state index is 13.9. The number of ether oxygens (including phenoxy) is 1. The summed E-state index contributed by atoms with van der Waals surface area (Å²) >= 11 is 1.67. The number of amides is 1. The highest BCUT2D eigenvalue weighted by Crippen LogP contribution is 2.51. The van der Waals surface area contributed by atoms with Gasteiger partial charge in [-0.1, -0.05) is 31.0 Å². The number of rotatable bonds is 6. The van der Waals surface area contributed by atoms with Crippen molar-refractivity contribution in [2.75, 3.05) is 6.61 Å². The topological polar surface area (TPSA) is 49.8 Å². The molecule has 0 radical (unpaired) electrons. The largest absolute Gasteiger partial charge is 0.465 e. The van der Waals surface area contributed by atoms with Gasteiger partial charge in [0, 0.05) is 34.9 Å². The molecule has 2 unspecified atom stereocenters. The number of carboxylic acid groups (broad SMARTS) is 1. The number of nitrogens with zero attached hydrogens (tertiary/aromatic N) is 1. The van der Waals surface area contributed by atoms with Crippen LogP contribution in [-0.2, 0) is 16.6 Å². The smallest absolute Gasteiger partial charge is 0.407 e. The normalized spacial score (nSPS) is 23.5. The first-order valence-electron chi connectivity index (χ1n) is 12.1. The molecule has 1 aliphatic heterocycles. The first-order valence-corrected chi connectivity index (χ1v) is 13.0. The zero-order valence-corrected chi connectivity index (χ0v) is 20.8. The Morgan fingerprint density at radius 2 is 1.88 bits per heavy atom. The third kappa shape index (κ3) is 5.27. The Kier molecular flexibility index (Phi) is 6.88. The van der Waals surface area contributed by atoms with Crippen molar-refractivity contribution >= 4 is 17.4 Å². The Hall–Kier alpha value is -1.92. The molecule has 1 spiro atoms. The van der Waals surface area contributed by atoms with Crippen LogP contribution >= 0.6 is 11.3 Å². The van der Waals surface area contributed by atoms with Gasteiger partial charge in [-0.3, -0.25) is 0 Å². The molecule has 2 heterocycles. The first-order chi connectivity index (χ1) is 15.6. The highest BCUT2D eigenvalue weighted by Gasteiger charge is 2.50. The van der Waals surface area contributed by atoms with E-state index < -0.39 is 11.6 Å². The molecule has 1 saturated heterocycles. The van der Waals surface area contributed by atoms with Crippen LogP contribution in [0.2, 0.25) is 0 Å². The van der Waals surface area contributed by atoms with Gasteiger partial charge in [0.2, 0.25) is 0 Å². The van der Waals surface area contributed by atoms with Crippen molar-refractivity contribution in [3.8, 4) is 0 Å². The van der Waals surface area contributed by atoms with Crippen molar-refractivity contribution in [2.24, 2.45) is 0 Å². The van der Waals surface area contributed by atoms with Crippen molar-refractivity contribution in [1.29, 1.82) is 0 Å². The molecule has 180 valence electrons. The molecule has 33 heavy (non-hydrogen) atoms. The second kappa shape index (κ2) is 9.38. The van der Waals surface area contributed by atoms with Crippen molar-refractivity contribution in [1.82, 2.24) is 4.90 Å². The van der Waals surface area contributed by atoms with Crippen LogP contribution in [0.1, 0.15) is 76.2 Å². The standard InChI is InChI=1S/C27H36FNO3S/c1-25(2,3)29(24(30)31)22(17-23-7-6-16-33-23)18-26(20-8-10-21(28)11-9-20)14-15-32-27(19-26)12-4-5-13-27/h6-11,16,22H,4-5,12-15,17-19H2,1-3H3,(H,30,31). The van der Waals surface area contributed by atoms with Crippen molar-refractivity contribution in [3.05, 3.63) is 58.0 Å². The lowest BCUT2D eigenvalue weighted by atomic mass is 9.64. The fraction of sp³-hybridized carbons (Fsp3) is 0.593. The lowest BCUT2D eigenvalue weighted by Crippen LogP contribution is -2.55. The Labute approximate surface area is 200 Å². The second-order valence-corrected chi connectivity index (χ2v) is 11.9. The number of halogens is 1. The summed E-state index contributed by atoms with van der Waals surface area (Å²) < 4.78 is 20.3. The van der Waals surface area contributed by atoms with E-state index >= 15 is 0 Å².